The third kappa shape index (κ3) is 3.87. The molecular weight excluding hydrogens is 214 g/mol. The molecule has 0 saturated carbocycles. The first-order valence-corrected chi connectivity index (χ1v) is 6.69. The Hall–Kier alpha value is -0.770. The predicted molar refractivity (Wildman–Crippen MR) is 71.2 cm³/mol. The fourth-order valence-corrected chi connectivity index (χ4v) is 2.09. The summed E-state index contributed by atoms with van der Waals surface area (Å²) in [6.07, 6.45) is 1.08. The van der Waals surface area contributed by atoms with Gasteiger partial charge in [-0.25, -0.2) is 4.79 Å². The molecule has 17 heavy (non-hydrogen) atoms. The lowest BCUT2D eigenvalue weighted by molar-refractivity contribution is 0.152. The quantitative estimate of drug-likeness (QED) is 0.738. The molecule has 0 unspecified atom stereocenters. The van der Waals surface area contributed by atoms with E-state index in [-0.39, 0.29) is 12.1 Å². The highest BCUT2D eigenvalue weighted by Crippen LogP contribution is 2.09. The minimum Gasteiger partial charge on any atom is -0.325 e. The van der Waals surface area contributed by atoms with Crippen molar-refractivity contribution in [2.24, 2.45) is 0 Å². The van der Waals surface area contributed by atoms with Crippen molar-refractivity contribution in [3.05, 3.63) is 0 Å². The molecule has 4 nitrogen and oxygen atoms in total. The zero-order chi connectivity index (χ0) is 13.0. The molecule has 0 aromatic rings. The van der Waals surface area contributed by atoms with Crippen LogP contribution < -0.4 is 0 Å². The molecule has 1 aliphatic rings. The number of hydrogen-bond acceptors (Lipinski definition) is 2. The Morgan fingerprint density at radius 2 is 1.71 bits per heavy atom. The molecular formula is C13H27N3O. The number of carbonyl (C=O) groups excluding carboxylic acids is 1. The zero-order valence-electron chi connectivity index (χ0n) is 11.9. The summed E-state index contributed by atoms with van der Waals surface area (Å²) < 4.78 is 0. The van der Waals surface area contributed by atoms with E-state index in [1.165, 1.54) is 0 Å². The Morgan fingerprint density at radius 1 is 1.06 bits per heavy atom. The molecule has 0 aliphatic carbocycles. The van der Waals surface area contributed by atoms with Crippen LogP contribution in [0.15, 0.2) is 0 Å². The molecule has 0 radical (unpaired) electrons. The molecule has 1 aliphatic heterocycles. The van der Waals surface area contributed by atoms with Crippen LogP contribution in [0.25, 0.3) is 0 Å². The largest absolute Gasteiger partial charge is 0.325 e. The Balaban J connectivity index is 2.54. The van der Waals surface area contributed by atoms with Gasteiger partial charge in [0, 0.05) is 45.3 Å². The first-order valence-electron chi connectivity index (χ1n) is 6.69. The smallest absolute Gasteiger partial charge is 0.320 e. The van der Waals surface area contributed by atoms with Gasteiger partial charge in [-0.05, 0) is 34.1 Å². The van der Waals surface area contributed by atoms with E-state index in [1.54, 1.807) is 0 Å². The van der Waals surface area contributed by atoms with Crippen molar-refractivity contribution in [3.63, 3.8) is 0 Å². The van der Waals surface area contributed by atoms with Gasteiger partial charge in [-0.2, -0.15) is 0 Å². The molecule has 1 heterocycles. The lowest BCUT2D eigenvalue weighted by atomic mass is 10.3. The molecule has 4 heteroatoms. The summed E-state index contributed by atoms with van der Waals surface area (Å²) in [7, 11) is 1.89. The Labute approximate surface area is 106 Å². The lowest BCUT2D eigenvalue weighted by Gasteiger charge is -2.30. The van der Waals surface area contributed by atoms with Crippen LogP contribution in [0.2, 0.25) is 0 Å². The molecule has 1 rings (SSSR count). The Morgan fingerprint density at radius 3 is 2.24 bits per heavy atom. The monoisotopic (exact) mass is 241 g/mol. The van der Waals surface area contributed by atoms with Gasteiger partial charge in [-0.15, -0.1) is 0 Å². The van der Waals surface area contributed by atoms with Crippen LogP contribution in [-0.2, 0) is 0 Å². The summed E-state index contributed by atoms with van der Waals surface area (Å²) >= 11 is 0. The lowest BCUT2D eigenvalue weighted by Crippen LogP contribution is -2.45. The SMILES string of the molecule is CC(C)N1CCCN(C(=O)N(C)C(C)C)CC1. The van der Waals surface area contributed by atoms with Gasteiger partial charge in [-0.3, -0.25) is 4.90 Å². The second-order valence-corrected chi connectivity index (χ2v) is 5.46. The van der Waals surface area contributed by atoms with Crippen molar-refractivity contribution in [1.29, 1.82) is 0 Å². The van der Waals surface area contributed by atoms with Crippen LogP contribution >= 0.6 is 0 Å². The predicted octanol–water partition coefficient (Wildman–Crippen LogP) is 1.86. The van der Waals surface area contributed by atoms with E-state index < -0.39 is 0 Å². The topological polar surface area (TPSA) is 26.8 Å². The minimum absolute atomic E-state index is 0.172. The first kappa shape index (κ1) is 14.3. The molecule has 0 aromatic heterocycles. The van der Waals surface area contributed by atoms with Crippen LogP contribution in [0, 0.1) is 0 Å². The summed E-state index contributed by atoms with van der Waals surface area (Å²) in [6.45, 7) is 12.4. The van der Waals surface area contributed by atoms with Crippen LogP contribution in [0.4, 0.5) is 4.79 Å². The molecule has 0 bridgehead atoms. The van der Waals surface area contributed by atoms with Crippen molar-refractivity contribution in [1.82, 2.24) is 14.7 Å². The van der Waals surface area contributed by atoms with Gasteiger partial charge in [0.1, 0.15) is 0 Å². The third-order valence-electron chi connectivity index (χ3n) is 3.61. The average Bonchev–Trinajstić information content (AvgIpc) is 2.52. The van der Waals surface area contributed by atoms with Gasteiger partial charge in [0.25, 0.3) is 0 Å². The van der Waals surface area contributed by atoms with Gasteiger partial charge in [0.05, 0.1) is 0 Å². The number of nitrogens with zero attached hydrogens (tertiary/aromatic N) is 3. The fourth-order valence-electron chi connectivity index (χ4n) is 2.09. The number of rotatable bonds is 2. The molecule has 0 N–H and O–H groups in total. The standard InChI is InChI=1S/C13H27N3O/c1-11(2)14(5)13(17)16-8-6-7-15(9-10-16)12(3)4/h11-12H,6-10H2,1-5H3. The molecule has 100 valence electrons. The maximum absolute atomic E-state index is 12.2. The van der Waals surface area contributed by atoms with Gasteiger partial charge in [0.2, 0.25) is 0 Å². The van der Waals surface area contributed by atoms with Crippen LogP contribution in [0.3, 0.4) is 0 Å². The van der Waals surface area contributed by atoms with Crippen LogP contribution in [-0.4, -0.2) is 66.0 Å². The molecule has 0 aromatic carbocycles. The molecule has 1 fully saturated rings. The second-order valence-electron chi connectivity index (χ2n) is 5.46. The maximum atomic E-state index is 12.2. The minimum atomic E-state index is 0.172. The summed E-state index contributed by atoms with van der Waals surface area (Å²) in [4.78, 5) is 18.5. The molecule has 0 spiro atoms. The van der Waals surface area contributed by atoms with E-state index in [0.717, 1.165) is 32.6 Å². The molecule has 1 saturated heterocycles. The highest BCUT2D eigenvalue weighted by atomic mass is 16.2. The highest BCUT2D eigenvalue weighted by Gasteiger charge is 2.23. The summed E-state index contributed by atoms with van der Waals surface area (Å²) in [5, 5.41) is 0. The van der Waals surface area contributed by atoms with Crippen molar-refractivity contribution >= 4 is 6.03 Å². The van der Waals surface area contributed by atoms with E-state index in [0.29, 0.717) is 6.04 Å². The van der Waals surface area contributed by atoms with E-state index in [1.807, 2.05) is 16.8 Å². The fraction of sp³-hybridized carbons (Fsp3) is 0.923. The number of hydrogen-bond donors (Lipinski definition) is 0. The third-order valence-corrected chi connectivity index (χ3v) is 3.61. The highest BCUT2D eigenvalue weighted by molar-refractivity contribution is 5.74. The van der Waals surface area contributed by atoms with Gasteiger partial charge in [0.15, 0.2) is 0 Å². The zero-order valence-corrected chi connectivity index (χ0v) is 11.9. The van der Waals surface area contributed by atoms with Crippen LogP contribution in [0.5, 0.6) is 0 Å². The number of amides is 2. The molecule has 2 amide bonds. The van der Waals surface area contributed by atoms with Gasteiger partial charge in [-0.1, -0.05) is 0 Å². The second kappa shape index (κ2) is 6.24. The van der Waals surface area contributed by atoms with Crippen molar-refractivity contribution in [3.8, 4) is 0 Å². The number of carbonyl (C=O) groups is 1. The van der Waals surface area contributed by atoms with Crippen molar-refractivity contribution in [2.45, 2.75) is 46.2 Å². The summed E-state index contributed by atoms with van der Waals surface area (Å²) in [5.41, 5.74) is 0. The normalized spacial score (nSPS) is 18.6. The first-order chi connectivity index (χ1) is 7.93. The van der Waals surface area contributed by atoms with E-state index in [2.05, 4.69) is 32.6 Å². The average molecular weight is 241 g/mol. The van der Waals surface area contributed by atoms with E-state index in [9.17, 15) is 4.79 Å². The molecule has 0 atom stereocenters. The van der Waals surface area contributed by atoms with Gasteiger partial charge >= 0.3 is 6.03 Å². The maximum Gasteiger partial charge on any atom is 0.320 e. The summed E-state index contributed by atoms with van der Waals surface area (Å²) in [6, 6.07) is 1.02. The van der Waals surface area contributed by atoms with Crippen molar-refractivity contribution < 1.29 is 4.79 Å². The van der Waals surface area contributed by atoms with E-state index in [4.69, 9.17) is 0 Å². The van der Waals surface area contributed by atoms with E-state index >= 15 is 0 Å². The van der Waals surface area contributed by atoms with Crippen LogP contribution in [0.1, 0.15) is 34.1 Å². The summed E-state index contributed by atoms with van der Waals surface area (Å²) in [5.74, 6) is 0. The Bertz CT molecular complexity index is 253. The van der Waals surface area contributed by atoms with Crippen molar-refractivity contribution in [2.75, 3.05) is 33.2 Å². The number of urea groups is 1. The Kier molecular flexibility index (Phi) is 5.25. The van der Waals surface area contributed by atoms with Gasteiger partial charge < -0.3 is 9.80 Å².